The number of nitrogens with zero attached hydrogens (tertiary/aromatic N) is 5. The van der Waals surface area contributed by atoms with Crippen LogP contribution in [0.1, 0.15) is 56.1 Å². The van der Waals surface area contributed by atoms with Gasteiger partial charge in [-0.1, -0.05) is 37.3 Å². The topological polar surface area (TPSA) is 101 Å². The molecule has 0 bridgehead atoms. The number of carbonyl (C=O) groups is 1. The molecule has 8 heteroatoms. The number of hydrogen-bond donors (Lipinski definition) is 2. The van der Waals surface area contributed by atoms with Crippen molar-refractivity contribution in [1.29, 1.82) is 0 Å². The maximum Gasteiger partial charge on any atom is 0.225 e. The molecule has 0 spiro atoms. The Hall–Kier alpha value is -4.30. The highest BCUT2D eigenvalue weighted by Crippen LogP contribution is 2.42. The lowest BCUT2D eigenvalue weighted by atomic mass is 9.86. The van der Waals surface area contributed by atoms with Crippen LogP contribution in [0.3, 0.4) is 0 Å². The van der Waals surface area contributed by atoms with Crippen LogP contribution in [0.2, 0.25) is 0 Å². The van der Waals surface area contributed by atoms with Crippen LogP contribution >= 0.6 is 0 Å². The van der Waals surface area contributed by atoms with Crippen LogP contribution in [0.25, 0.3) is 22.3 Å². The van der Waals surface area contributed by atoms with Crippen molar-refractivity contribution in [3.63, 3.8) is 0 Å². The van der Waals surface area contributed by atoms with Crippen molar-refractivity contribution < 1.29 is 4.79 Å². The summed E-state index contributed by atoms with van der Waals surface area (Å²) in [5.74, 6) is 1.19. The number of likely N-dealkylation sites (tertiary alicyclic amines) is 1. The molecule has 44 heavy (non-hydrogen) atoms. The first kappa shape index (κ1) is 29.8. The molecule has 2 aliphatic rings. The third kappa shape index (κ3) is 6.60. The number of nitrogen functional groups attached to an aromatic ring is 1. The van der Waals surface area contributed by atoms with Gasteiger partial charge in [-0.2, -0.15) is 0 Å². The largest absolute Gasteiger partial charge is 0.384 e. The van der Waals surface area contributed by atoms with Crippen molar-refractivity contribution in [3.05, 3.63) is 90.3 Å². The van der Waals surface area contributed by atoms with E-state index >= 15 is 0 Å². The number of rotatable bonds is 11. The highest BCUT2D eigenvalue weighted by molar-refractivity contribution is 5.99. The van der Waals surface area contributed by atoms with Gasteiger partial charge in [0.05, 0.1) is 23.6 Å². The van der Waals surface area contributed by atoms with E-state index in [1.165, 1.54) is 22.2 Å². The predicted molar refractivity (Wildman–Crippen MR) is 179 cm³/mol. The standard InChI is InChI=1S/C36H43N7O/c1-2-27(14-19-38-24-26-13-20-41-33(37)23-26)36(44)42-21-15-28(16-22-42)34-30-10-3-4-12-32(30)43(25-29-9-5-7-17-39-29)35(34)31-11-6-8-18-40-31/h3-6,8-13,18,20,23,27-28,38H,2,7,14-17,19,21-22,24-25H2,1H3,(H2,37,41). The molecular weight excluding hydrogens is 546 g/mol. The third-order valence-corrected chi connectivity index (χ3v) is 9.06. The number of nitrogens with two attached hydrogens (primary N) is 1. The maximum absolute atomic E-state index is 13.6. The van der Waals surface area contributed by atoms with Gasteiger partial charge in [0.1, 0.15) is 5.82 Å². The number of carbonyl (C=O) groups excluding carboxylic acids is 1. The molecule has 0 saturated carbocycles. The molecule has 2 aliphatic heterocycles. The van der Waals surface area contributed by atoms with Crippen LogP contribution in [0, 0.1) is 5.92 Å². The molecule has 1 atom stereocenters. The van der Waals surface area contributed by atoms with E-state index in [1.54, 1.807) is 6.20 Å². The Morgan fingerprint density at radius 1 is 1.07 bits per heavy atom. The molecule has 1 aromatic carbocycles. The van der Waals surface area contributed by atoms with Crippen LogP contribution in [0.4, 0.5) is 5.82 Å². The average Bonchev–Trinajstić information content (AvgIpc) is 3.39. The molecule has 4 aromatic rings. The minimum Gasteiger partial charge on any atom is -0.384 e. The van der Waals surface area contributed by atoms with Gasteiger partial charge in [0, 0.05) is 55.4 Å². The van der Waals surface area contributed by atoms with Crippen molar-refractivity contribution in [2.45, 2.75) is 58.0 Å². The van der Waals surface area contributed by atoms with E-state index < -0.39 is 0 Å². The molecule has 228 valence electrons. The number of amides is 1. The predicted octanol–water partition coefficient (Wildman–Crippen LogP) is 5.99. The number of aliphatic imine (C=N–C) groups is 1. The first-order chi connectivity index (χ1) is 21.6. The molecule has 1 fully saturated rings. The first-order valence-corrected chi connectivity index (χ1v) is 16.0. The summed E-state index contributed by atoms with van der Waals surface area (Å²) < 4.78 is 2.42. The van der Waals surface area contributed by atoms with Gasteiger partial charge >= 0.3 is 0 Å². The fourth-order valence-electron chi connectivity index (χ4n) is 6.77. The molecule has 5 heterocycles. The molecule has 8 nitrogen and oxygen atoms in total. The van der Waals surface area contributed by atoms with E-state index in [-0.39, 0.29) is 11.8 Å². The fraction of sp³-hybridized carbons (Fsp3) is 0.389. The number of benzene rings is 1. The number of para-hydroxylation sites is 1. The SMILES string of the molecule is CCC(CCNCc1ccnc(N)c1)C(=O)N1CCC(c2c(-c3ccccn3)n(CC3=NCCC=C3)c3ccccc23)CC1. The van der Waals surface area contributed by atoms with Crippen LogP contribution in [-0.2, 0) is 17.9 Å². The Labute approximate surface area is 260 Å². The first-order valence-electron chi connectivity index (χ1n) is 16.0. The van der Waals surface area contributed by atoms with Crippen LogP contribution < -0.4 is 11.1 Å². The summed E-state index contributed by atoms with van der Waals surface area (Å²) in [5.41, 5.74) is 12.8. The van der Waals surface area contributed by atoms with E-state index in [0.717, 1.165) is 88.3 Å². The number of nitrogens with one attached hydrogen (secondary N) is 1. The molecule has 1 saturated heterocycles. The van der Waals surface area contributed by atoms with Crippen molar-refractivity contribution in [2.75, 3.05) is 31.9 Å². The molecule has 1 amide bonds. The molecule has 0 radical (unpaired) electrons. The Morgan fingerprint density at radius 2 is 1.91 bits per heavy atom. The Kier molecular flexibility index (Phi) is 9.46. The van der Waals surface area contributed by atoms with Gasteiger partial charge in [-0.25, -0.2) is 4.98 Å². The number of aromatic nitrogens is 3. The number of pyridine rings is 2. The summed E-state index contributed by atoms with van der Waals surface area (Å²) in [6.07, 6.45) is 12.6. The summed E-state index contributed by atoms with van der Waals surface area (Å²) in [5, 5.41) is 4.76. The van der Waals surface area contributed by atoms with Gasteiger partial charge in [-0.3, -0.25) is 14.8 Å². The summed E-state index contributed by atoms with van der Waals surface area (Å²) in [6.45, 7) is 6.76. The second-order valence-corrected chi connectivity index (χ2v) is 11.9. The zero-order chi connectivity index (χ0) is 30.3. The van der Waals surface area contributed by atoms with Crippen molar-refractivity contribution >= 4 is 28.3 Å². The van der Waals surface area contributed by atoms with Gasteiger partial charge < -0.3 is 20.5 Å². The van der Waals surface area contributed by atoms with Crippen LogP contribution in [-0.4, -0.2) is 57.2 Å². The number of allylic oxidation sites excluding steroid dienone is 1. The zero-order valence-electron chi connectivity index (χ0n) is 25.7. The molecular formula is C36H43N7O. The van der Waals surface area contributed by atoms with E-state index in [2.05, 4.69) is 75.2 Å². The van der Waals surface area contributed by atoms with E-state index in [1.807, 2.05) is 24.4 Å². The lowest BCUT2D eigenvalue weighted by molar-refractivity contribution is -0.136. The minimum atomic E-state index is 0.0249. The van der Waals surface area contributed by atoms with Gasteiger partial charge in [-0.15, -0.1) is 0 Å². The van der Waals surface area contributed by atoms with Crippen molar-refractivity contribution in [1.82, 2.24) is 24.8 Å². The molecule has 3 aromatic heterocycles. The number of piperidine rings is 1. The summed E-state index contributed by atoms with van der Waals surface area (Å²) >= 11 is 0. The minimum absolute atomic E-state index is 0.0249. The highest BCUT2D eigenvalue weighted by atomic mass is 16.2. The molecule has 1 unspecified atom stereocenters. The molecule has 3 N–H and O–H groups in total. The smallest absolute Gasteiger partial charge is 0.225 e. The van der Waals surface area contributed by atoms with Gasteiger partial charge in [0.15, 0.2) is 0 Å². The Morgan fingerprint density at radius 3 is 2.66 bits per heavy atom. The Balaban J connectivity index is 1.18. The summed E-state index contributed by atoms with van der Waals surface area (Å²) in [6, 6.07) is 18.8. The second-order valence-electron chi connectivity index (χ2n) is 11.9. The normalized spacial score (nSPS) is 16.3. The van der Waals surface area contributed by atoms with Gasteiger partial charge in [-0.05, 0) is 92.1 Å². The lowest BCUT2D eigenvalue weighted by Gasteiger charge is -2.34. The summed E-state index contributed by atoms with van der Waals surface area (Å²) in [4.78, 5) is 29.5. The quantitative estimate of drug-likeness (QED) is 0.209. The number of dihydropyridines is 1. The number of fused-ring (bicyclic) bond motifs is 1. The zero-order valence-corrected chi connectivity index (χ0v) is 25.7. The molecule has 0 aliphatic carbocycles. The lowest BCUT2D eigenvalue weighted by Crippen LogP contribution is -2.42. The average molecular weight is 590 g/mol. The van der Waals surface area contributed by atoms with Crippen LogP contribution in [0.5, 0.6) is 0 Å². The van der Waals surface area contributed by atoms with Crippen molar-refractivity contribution in [2.24, 2.45) is 10.9 Å². The van der Waals surface area contributed by atoms with E-state index in [4.69, 9.17) is 15.7 Å². The highest BCUT2D eigenvalue weighted by Gasteiger charge is 2.32. The van der Waals surface area contributed by atoms with Crippen LogP contribution in [0.15, 0.2) is 84.1 Å². The number of hydrogen-bond acceptors (Lipinski definition) is 6. The van der Waals surface area contributed by atoms with Gasteiger partial charge in [0.25, 0.3) is 0 Å². The summed E-state index contributed by atoms with van der Waals surface area (Å²) in [7, 11) is 0. The Bertz CT molecular complexity index is 1630. The second kappa shape index (κ2) is 14.0. The fourth-order valence-corrected chi connectivity index (χ4v) is 6.77. The van der Waals surface area contributed by atoms with E-state index in [9.17, 15) is 4.79 Å². The number of anilines is 1. The monoisotopic (exact) mass is 589 g/mol. The maximum atomic E-state index is 13.6. The van der Waals surface area contributed by atoms with Gasteiger partial charge in [0.2, 0.25) is 5.91 Å². The van der Waals surface area contributed by atoms with E-state index in [0.29, 0.717) is 11.7 Å². The van der Waals surface area contributed by atoms with Crippen molar-refractivity contribution in [3.8, 4) is 11.4 Å². The molecule has 6 rings (SSSR count). The third-order valence-electron chi connectivity index (χ3n) is 9.06.